The second-order valence-electron chi connectivity index (χ2n) is 5.83. The van der Waals surface area contributed by atoms with Gasteiger partial charge in [-0.25, -0.2) is 0 Å². The lowest BCUT2D eigenvalue weighted by Crippen LogP contribution is -2.38. The molecular formula is C19H20Cl2N2O2. The molecule has 0 saturated carbocycles. The lowest BCUT2D eigenvalue weighted by atomic mass is 10.1. The molecule has 132 valence electrons. The summed E-state index contributed by atoms with van der Waals surface area (Å²) in [7, 11) is 0. The summed E-state index contributed by atoms with van der Waals surface area (Å²) in [6.45, 7) is 3.77. The van der Waals surface area contributed by atoms with E-state index in [-0.39, 0.29) is 18.4 Å². The summed E-state index contributed by atoms with van der Waals surface area (Å²) in [5, 5.41) is 4.00. The topological polar surface area (TPSA) is 49.4 Å². The van der Waals surface area contributed by atoms with Crippen molar-refractivity contribution < 1.29 is 9.59 Å². The van der Waals surface area contributed by atoms with Gasteiger partial charge in [-0.2, -0.15) is 0 Å². The molecule has 0 aliphatic heterocycles. The smallest absolute Gasteiger partial charge is 0.243 e. The van der Waals surface area contributed by atoms with Crippen molar-refractivity contribution in [3.63, 3.8) is 0 Å². The van der Waals surface area contributed by atoms with Gasteiger partial charge in [0.05, 0.1) is 6.54 Å². The van der Waals surface area contributed by atoms with Gasteiger partial charge < -0.3 is 10.2 Å². The molecule has 0 fully saturated rings. The predicted octanol–water partition coefficient (Wildman–Crippen LogP) is 4.33. The fraction of sp³-hybridized carbons (Fsp3) is 0.263. The van der Waals surface area contributed by atoms with E-state index in [0.717, 1.165) is 11.1 Å². The molecular weight excluding hydrogens is 359 g/mol. The summed E-state index contributed by atoms with van der Waals surface area (Å²) in [6, 6.07) is 12.8. The Morgan fingerprint density at radius 3 is 2.52 bits per heavy atom. The zero-order chi connectivity index (χ0) is 18.4. The summed E-state index contributed by atoms with van der Waals surface area (Å²) in [4.78, 5) is 25.5. The molecule has 6 heteroatoms. The molecule has 1 N–H and O–H groups in total. The monoisotopic (exact) mass is 378 g/mol. The number of nitrogens with one attached hydrogen (secondary N) is 1. The maximum absolute atomic E-state index is 12.2. The van der Waals surface area contributed by atoms with Crippen molar-refractivity contribution in [3.05, 3.63) is 63.6 Å². The Hall–Kier alpha value is -2.04. The Balaban J connectivity index is 1.94. The average molecular weight is 379 g/mol. The third-order valence-corrected chi connectivity index (χ3v) is 4.44. The van der Waals surface area contributed by atoms with Gasteiger partial charge in [-0.05, 0) is 48.7 Å². The van der Waals surface area contributed by atoms with Gasteiger partial charge in [0.15, 0.2) is 0 Å². The van der Waals surface area contributed by atoms with Crippen LogP contribution in [0.25, 0.3) is 0 Å². The fourth-order valence-electron chi connectivity index (χ4n) is 2.35. The lowest BCUT2D eigenvalue weighted by Gasteiger charge is -2.20. The maximum Gasteiger partial charge on any atom is 0.243 e. The van der Waals surface area contributed by atoms with Crippen molar-refractivity contribution in [2.75, 3.05) is 18.4 Å². The SMILES string of the molecule is CC(=O)N(CCc1cccc(Cl)c1)CC(=O)Nc1ccc(C)c(Cl)c1. The minimum atomic E-state index is -0.263. The van der Waals surface area contributed by atoms with Crippen molar-refractivity contribution >= 4 is 40.7 Å². The van der Waals surface area contributed by atoms with Crippen molar-refractivity contribution in [3.8, 4) is 0 Å². The first-order chi connectivity index (χ1) is 11.8. The number of halogens is 2. The number of carbonyl (C=O) groups excluding carboxylic acids is 2. The Bertz CT molecular complexity index is 778. The Kier molecular flexibility index (Phi) is 6.85. The van der Waals surface area contributed by atoms with Crippen LogP contribution >= 0.6 is 23.2 Å². The Labute approximate surface area is 157 Å². The van der Waals surface area contributed by atoms with Gasteiger partial charge in [-0.1, -0.05) is 41.4 Å². The first-order valence-corrected chi connectivity index (χ1v) is 8.66. The molecule has 0 aliphatic rings. The van der Waals surface area contributed by atoms with E-state index in [2.05, 4.69) is 5.32 Å². The standard InChI is InChI=1S/C19H20Cl2N2O2/c1-13-6-7-17(11-18(13)21)22-19(25)12-23(14(2)24)9-8-15-4-3-5-16(20)10-15/h3-7,10-11H,8-9,12H2,1-2H3,(H,22,25). The highest BCUT2D eigenvalue weighted by Crippen LogP contribution is 2.20. The summed E-state index contributed by atoms with van der Waals surface area (Å²) in [5.41, 5.74) is 2.56. The van der Waals surface area contributed by atoms with Crippen LogP contribution in [0.2, 0.25) is 10.0 Å². The van der Waals surface area contributed by atoms with Crippen molar-refractivity contribution in [2.45, 2.75) is 20.3 Å². The van der Waals surface area contributed by atoms with Gasteiger partial charge in [0, 0.05) is 29.2 Å². The lowest BCUT2D eigenvalue weighted by molar-refractivity contribution is -0.132. The molecule has 0 spiro atoms. The van der Waals surface area contributed by atoms with E-state index in [1.165, 1.54) is 11.8 Å². The zero-order valence-electron chi connectivity index (χ0n) is 14.2. The molecule has 0 heterocycles. The number of amides is 2. The first-order valence-electron chi connectivity index (χ1n) is 7.91. The van der Waals surface area contributed by atoms with Crippen molar-refractivity contribution in [1.29, 1.82) is 0 Å². The van der Waals surface area contributed by atoms with Gasteiger partial charge in [-0.3, -0.25) is 9.59 Å². The number of carbonyl (C=O) groups is 2. The number of benzene rings is 2. The number of hydrogen-bond donors (Lipinski definition) is 1. The van der Waals surface area contributed by atoms with Crippen LogP contribution in [-0.2, 0) is 16.0 Å². The highest BCUT2D eigenvalue weighted by atomic mass is 35.5. The Morgan fingerprint density at radius 1 is 1.12 bits per heavy atom. The van der Waals surface area contributed by atoms with E-state index in [0.29, 0.717) is 28.7 Å². The molecule has 0 aromatic heterocycles. The predicted molar refractivity (Wildman–Crippen MR) is 102 cm³/mol. The maximum atomic E-state index is 12.2. The minimum absolute atomic E-state index is 0.0125. The quantitative estimate of drug-likeness (QED) is 0.812. The largest absolute Gasteiger partial charge is 0.333 e. The minimum Gasteiger partial charge on any atom is -0.333 e. The normalized spacial score (nSPS) is 10.4. The van der Waals surface area contributed by atoms with Gasteiger partial charge >= 0.3 is 0 Å². The third kappa shape index (κ3) is 6.07. The molecule has 4 nitrogen and oxygen atoms in total. The number of hydrogen-bond acceptors (Lipinski definition) is 2. The van der Waals surface area contributed by atoms with E-state index in [1.807, 2.05) is 31.2 Å². The highest BCUT2D eigenvalue weighted by Gasteiger charge is 2.14. The molecule has 0 saturated heterocycles. The highest BCUT2D eigenvalue weighted by molar-refractivity contribution is 6.31. The van der Waals surface area contributed by atoms with E-state index in [9.17, 15) is 9.59 Å². The second kappa shape index (κ2) is 8.88. The van der Waals surface area contributed by atoms with Gasteiger partial charge in [0.25, 0.3) is 0 Å². The molecule has 0 atom stereocenters. The van der Waals surface area contributed by atoms with Gasteiger partial charge in [0.2, 0.25) is 11.8 Å². The number of anilines is 1. The van der Waals surface area contributed by atoms with Crippen LogP contribution in [-0.4, -0.2) is 29.8 Å². The molecule has 2 aromatic rings. The van der Waals surface area contributed by atoms with Crippen molar-refractivity contribution in [1.82, 2.24) is 4.90 Å². The number of nitrogens with zero attached hydrogens (tertiary/aromatic N) is 1. The van der Waals surface area contributed by atoms with E-state index >= 15 is 0 Å². The second-order valence-corrected chi connectivity index (χ2v) is 6.68. The average Bonchev–Trinajstić information content (AvgIpc) is 2.54. The van der Waals surface area contributed by atoms with Crippen LogP contribution in [0.15, 0.2) is 42.5 Å². The molecule has 0 unspecified atom stereocenters. The van der Waals surface area contributed by atoms with E-state index in [4.69, 9.17) is 23.2 Å². The van der Waals surface area contributed by atoms with Crippen LogP contribution < -0.4 is 5.32 Å². The molecule has 0 radical (unpaired) electrons. The molecule has 2 aromatic carbocycles. The van der Waals surface area contributed by atoms with Gasteiger partial charge in [-0.15, -0.1) is 0 Å². The molecule has 25 heavy (non-hydrogen) atoms. The van der Waals surface area contributed by atoms with Crippen LogP contribution in [0.4, 0.5) is 5.69 Å². The fourth-order valence-corrected chi connectivity index (χ4v) is 2.74. The molecule has 2 amide bonds. The first kappa shape index (κ1) is 19.3. The summed E-state index contributed by atoms with van der Waals surface area (Å²) < 4.78 is 0. The zero-order valence-corrected chi connectivity index (χ0v) is 15.7. The van der Waals surface area contributed by atoms with Crippen LogP contribution in [0.5, 0.6) is 0 Å². The summed E-state index contributed by atoms with van der Waals surface area (Å²) >= 11 is 12.0. The van der Waals surface area contributed by atoms with E-state index < -0.39 is 0 Å². The van der Waals surface area contributed by atoms with E-state index in [1.54, 1.807) is 18.2 Å². The third-order valence-electron chi connectivity index (χ3n) is 3.79. The summed E-state index contributed by atoms with van der Waals surface area (Å²) in [6.07, 6.45) is 0.629. The number of rotatable bonds is 6. The molecule has 2 rings (SSSR count). The van der Waals surface area contributed by atoms with Crippen LogP contribution in [0, 0.1) is 6.92 Å². The summed E-state index contributed by atoms with van der Waals surface area (Å²) in [5.74, 6) is -0.416. The van der Waals surface area contributed by atoms with Crippen molar-refractivity contribution in [2.24, 2.45) is 0 Å². The van der Waals surface area contributed by atoms with Crippen LogP contribution in [0.1, 0.15) is 18.1 Å². The molecule has 0 bridgehead atoms. The van der Waals surface area contributed by atoms with Gasteiger partial charge in [0.1, 0.15) is 0 Å². The number of aryl methyl sites for hydroxylation is 1. The van der Waals surface area contributed by atoms with Crippen LogP contribution in [0.3, 0.4) is 0 Å². The Morgan fingerprint density at radius 2 is 1.88 bits per heavy atom. The molecule has 0 aliphatic carbocycles.